The van der Waals surface area contributed by atoms with E-state index in [9.17, 15) is 12.8 Å². The lowest BCUT2D eigenvalue weighted by Crippen LogP contribution is -2.36. The number of halogens is 1. The largest absolute Gasteiger partial charge is 0.357 e. The monoisotopic (exact) mass is 364 g/mol. The van der Waals surface area contributed by atoms with Gasteiger partial charge in [-0.1, -0.05) is 24.3 Å². The highest BCUT2D eigenvalue weighted by molar-refractivity contribution is 7.89. The minimum absolute atomic E-state index is 0.0722. The van der Waals surface area contributed by atoms with E-state index in [4.69, 9.17) is 5.14 Å². The molecule has 0 radical (unpaired) electrons. The highest BCUT2D eigenvalue weighted by Crippen LogP contribution is 2.08. The summed E-state index contributed by atoms with van der Waals surface area (Å²) in [5.74, 6) is 0.294. The first-order valence-electron chi connectivity index (χ1n) is 7.77. The number of guanidine groups is 1. The summed E-state index contributed by atoms with van der Waals surface area (Å²) in [4.78, 5) is 4.48. The van der Waals surface area contributed by atoms with Crippen LogP contribution in [0.5, 0.6) is 0 Å². The molecular weight excluding hydrogens is 343 g/mol. The molecule has 0 atom stereocenters. The van der Waals surface area contributed by atoms with Gasteiger partial charge >= 0.3 is 0 Å². The van der Waals surface area contributed by atoms with Crippen molar-refractivity contribution in [3.8, 4) is 0 Å². The van der Waals surface area contributed by atoms with Gasteiger partial charge in [-0.15, -0.1) is 0 Å². The van der Waals surface area contributed by atoms with Crippen LogP contribution in [0.1, 0.15) is 18.1 Å². The van der Waals surface area contributed by atoms with Crippen LogP contribution in [0.15, 0.2) is 58.4 Å². The van der Waals surface area contributed by atoms with Crippen LogP contribution in [0.3, 0.4) is 0 Å². The molecule has 2 aromatic rings. The minimum atomic E-state index is -3.69. The van der Waals surface area contributed by atoms with Gasteiger partial charge in [-0.2, -0.15) is 0 Å². The van der Waals surface area contributed by atoms with Gasteiger partial charge in [-0.05, 0) is 42.3 Å². The van der Waals surface area contributed by atoms with Crippen molar-refractivity contribution >= 4 is 16.0 Å². The summed E-state index contributed by atoms with van der Waals surface area (Å²) < 4.78 is 35.7. The lowest BCUT2D eigenvalue weighted by Gasteiger charge is -2.11. The fraction of sp³-hybridized carbons (Fsp3) is 0.235. The molecule has 0 bridgehead atoms. The molecule has 134 valence electrons. The van der Waals surface area contributed by atoms with Gasteiger partial charge in [0.1, 0.15) is 5.82 Å². The molecule has 8 heteroatoms. The molecule has 0 saturated carbocycles. The van der Waals surface area contributed by atoms with Gasteiger partial charge in [0.15, 0.2) is 5.96 Å². The van der Waals surface area contributed by atoms with Crippen molar-refractivity contribution in [2.24, 2.45) is 10.1 Å². The van der Waals surface area contributed by atoms with Crippen molar-refractivity contribution in [1.29, 1.82) is 0 Å². The Bertz CT molecular complexity index is 836. The lowest BCUT2D eigenvalue weighted by molar-refractivity contribution is 0.597. The second-order valence-corrected chi connectivity index (χ2v) is 6.93. The summed E-state index contributed by atoms with van der Waals surface area (Å²) in [6, 6.07) is 12.6. The lowest BCUT2D eigenvalue weighted by atomic mass is 10.2. The number of primary sulfonamides is 1. The molecule has 4 N–H and O–H groups in total. The number of nitrogens with two attached hydrogens (primary N) is 1. The van der Waals surface area contributed by atoms with E-state index in [0.717, 1.165) is 11.1 Å². The Morgan fingerprint density at radius 1 is 1.12 bits per heavy atom. The number of hydrogen-bond acceptors (Lipinski definition) is 3. The fourth-order valence-electron chi connectivity index (χ4n) is 2.13. The topological polar surface area (TPSA) is 96.6 Å². The van der Waals surface area contributed by atoms with Crippen molar-refractivity contribution in [1.82, 2.24) is 10.6 Å². The first kappa shape index (κ1) is 18.9. The third-order valence-corrected chi connectivity index (χ3v) is 4.29. The van der Waals surface area contributed by atoms with Crippen molar-refractivity contribution < 1.29 is 12.8 Å². The standard InChI is InChI=1S/C17H21FN4O2S/c1-2-20-17(22-12-14-4-3-5-15(18)10-14)21-11-13-6-8-16(9-7-13)25(19,23)24/h3-10H,2,11-12H2,1H3,(H2,19,23,24)(H2,20,21,22). The van der Waals surface area contributed by atoms with E-state index < -0.39 is 10.0 Å². The summed E-state index contributed by atoms with van der Waals surface area (Å²) in [5, 5.41) is 11.3. The molecule has 0 aromatic heterocycles. The average molecular weight is 364 g/mol. The molecule has 0 saturated heterocycles. The summed E-state index contributed by atoms with van der Waals surface area (Å²) in [6.07, 6.45) is 0. The third-order valence-electron chi connectivity index (χ3n) is 3.36. The van der Waals surface area contributed by atoms with Crippen LogP contribution in [-0.2, 0) is 23.1 Å². The molecule has 0 aliphatic carbocycles. The molecule has 2 rings (SSSR count). The van der Waals surface area contributed by atoms with Gasteiger partial charge in [0.25, 0.3) is 0 Å². The zero-order valence-corrected chi connectivity index (χ0v) is 14.7. The maximum absolute atomic E-state index is 13.2. The van der Waals surface area contributed by atoms with Crippen LogP contribution < -0.4 is 15.8 Å². The number of hydrogen-bond donors (Lipinski definition) is 3. The predicted octanol–water partition coefficient (Wildman–Crippen LogP) is 1.73. The molecule has 0 aliphatic heterocycles. The van der Waals surface area contributed by atoms with E-state index in [1.165, 1.54) is 24.3 Å². The average Bonchev–Trinajstić information content (AvgIpc) is 2.57. The Morgan fingerprint density at radius 2 is 1.84 bits per heavy atom. The van der Waals surface area contributed by atoms with E-state index in [1.54, 1.807) is 18.2 Å². The van der Waals surface area contributed by atoms with E-state index >= 15 is 0 Å². The van der Waals surface area contributed by atoms with Crippen LogP contribution in [-0.4, -0.2) is 20.9 Å². The van der Waals surface area contributed by atoms with Crippen molar-refractivity contribution in [2.75, 3.05) is 6.54 Å². The van der Waals surface area contributed by atoms with Crippen molar-refractivity contribution in [2.45, 2.75) is 24.9 Å². The van der Waals surface area contributed by atoms with Crippen LogP contribution in [0.2, 0.25) is 0 Å². The number of rotatable bonds is 6. The summed E-state index contributed by atoms with van der Waals surface area (Å²) in [6.45, 7) is 3.43. The number of nitrogens with zero attached hydrogens (tertiary/aromatic N) is 1. The SMILES string of the molecule is CCNC(=NCc1cccc(F)c1)NCc1ccc(S(N)(=O)=O)cc1. The maximum Gasteiger partial charge on any atom is 0.238 e. The van der Waals surface area contributed by atoms with E-state index in [1.807, 2.05) is 13.0 Å². The van der Waals surface area contributed by atoms with E-state index in [2.05, 4.69) is 15.6 Å². The molecule has 0 unspecified atom stereocenters. The highest BCUT2D eigenvalue weighted by atomic mass is 32.2. The molecule has 6 nitrogen and oxygen atoms in total. The Labute approximate surface area is 147 Å². The van der Waals surface area contributed by atoms with Gasteiger partial charge in [-0.25, -0.2) is 22.9 Å². The van der Waals surface area contributed by atoms with Crippen molar-refractivity contribution in [3.63, 3.8) is 0 Å². The quantitative estimate of drug-likeness (QED) is 0.537. The molecule has 0 fully saturated rings. The summed E-state index contributed by atoms with van der Waals surface area (Å²) >= 11 is 0. The molecular formula is C17H21FN4O2S. The van der Waals surface area contributed by atoms with Crippen molar-refractivity contribution in [3.05, 3.63) is 65.5 Å². The molecule has 0 amide bonds. The minimum Gasteiger partial charge on any atom is -0.357 e. The third kappa shape index (κ3) is 6.17. The molecule has 2 aromatic carbocycles. The first-order chi connectivity index (χ1) is 11.9. The number of aliphatic imine (C=N–C) groups is 1. The zero-order valence-electron chi connectivity index (χ0n) is 13.9. The maximum atomic E-state index is 13.2. The van der Waals surface area contributed by atoms with Crippen LogP contribution >= 0.6 is 0 Å². The van der Waals surface area contributed by atoms with E-state index in [0.29, 0.717) is 25.6 Å². The normalized spacial score (nSPS) is 12.0. The second-order valence-electron chi connectivity index (χ2n) is 5.37. The Kier molecular flexibility index (Phi) is 6.49. The summed E-state index contributed by atoms with van der Waals surface area (Å²) in [5.41, 5.74) is 1.65. The molecule has 0 aliphatic rings. The van der Waals surface area contributed by atoms with Crippen LogP contribution in [0.4, 0.5) is 4.39 Å². The summed E-state index contributed by atoms with van der Waals surface area (Å²) in [7, 11) is -3.69. The van der Waals surface area contributed by atoms with Gasteiger partial charge in [0.2, 0.25) is 10.0 Å². The predicted molar refractivity (Wildman–Crippen MR) is 95.9 cm³/mol. The number of benzene rings is 2. The molecule has 0 spiro atoms. The Morgan fingerprint density at radius 3 is 2.44 bits per heavy atom. The second kappa shape index (κ2) is 8.59. The van der Waals surface area contributed by atoms with Crippen LogP contribution in [0.25, 0.3) is 0 Å². The molecule has 0 heterocycles. The zero-order chi connectivity index (χ0) is 18.3. The molecule has 25 heavy (non-hydrogen) atoms. The van der Waals surface area contributed by atoms with Gasteiger partial charge in [-0.3, -0.25) is 0 Å². The smallest absolute Gasteiger partial charge is 0.238 e. The first-order valence-corrected chi connectivity index (χ1v) is 9.31. The Balaban J connectivity index is 2.00. The number of nitrogens with one attached hydrogen (secondary N) is 2. The van der Waals surface area contributed by atoms with Gasteiger partial charge in [0.05, 0.1) is 11.4 Å². The Hall–Kier alpha value is -2.45. The van der Waals surface area contributed by atoms with Gasteiger partial charge < -0.3 is 10.6 Å². The number of sulfonamides is 1. The van der Waals surface area contributed by atoms with Crippen LogP contribution in [0, 0.1) is 5.82 Å². The van der Waals surface area contributed by atoms with E-state index in [-0.39, 0.29) is 10.7 Å². The van der Waals surface area contributed by atoms with Gasteiger partial charge in [0, 0.05) is 13.1 Å². The highest BCUT2D eigenvalue weighted by Gasteiger charge is 2.07. The fourth-order valence-corrected chi connectivity index (χ4v) is 2.65.